The first-order chi connectivity index (χ1) is 14.6. The van der Waals surface area contributed by atoms with Crippen molar-refractivity contribution in [2.45, 2.75) is 48.5 Å². The highest BCUT2D eigenvalue weighted by atomic mass is 31.1. The maximum Gasteiger partial charge on any atom is 0.223 e. The standard InChI is InChI=1S/C27H29O3P/c1-15-13-16(2)23(17(3)14-15)27(29)31(30)26-20(6)18(4)19(5)24(21(26)7)25(28)22-11-9-8-10-12-22/h8-14,31H,1-7H3. The summed E-state index contributed by atoms with van der Waals surface area (Å²) < 4.78 is 13.7. The fourth-order valence-corrected chi connectivity index (χ4v) is 6.37. The highest BCUT2D eigenvalue weighted by Crippen LogP contribution is 2.36. The van der Waals surface area contributed by atoms with Crippen LogP contribution < -0.4 is 5.30 Å². The van der Waals surface area contributed by atoms with Gasteiger partial charge in [-0.15, -0.1) is 0 Å². The molecule has 3 nitrogen and oxygen atoms in total. The van der Waals surface area contributed by atoms with Crippen molar-refractivity contribution in [1.82, 2.24) is 0 Å². The minimum absolute atomic E-state index is 0.107. The van der Waals surface area contributed by atoms with Crippen molar-refractivity contribution >= 4 is 24.4 Å². The lowest BCUT2D eigenvalue weighted by atomic mass is 9.89. The molecule has 0 spiro atoms. The van der Waals surface area contributed by atoms with E-state index in [9.17, 15) is 14.2 Å². The molecule has 0 aliphatic heterocycles. The summed E-state index contributed by atoms with van der Waals surface area (Å²) in [5.74, 6) is -0.107. The van der Waals surface area contributed by atoms with E-state index >= 15 is 0 Å². The molecule has 3 rings (SSSR count). The van der Waals surface area contributed by atoms with E-state index in [0.717, 1.165) is 33.4 Å². The molecule has 0 amide bonds. The fraction of sp³-hybridized carbons (Fsp3) is 0.259. The molecule has 1 unspecified atom stereocenters. The third kappa shape index (κ3) is 4.07. The molecule has 0 saturated heterocycles. The van der Waals surface area contributed by atoms with Gasteiger partial charge in [-0.3, -0.25) is 9.59 Å². The Kier molecular flexibility index (Phi) is 6.48. The minimum atomic E-state index is -2.83. The first-order valence-electron chi connectivity index (χ1n) is 10.4. The van der Waals surface area contributed by atoms with Crippen LogP contribution in [0.1, 0.15) is 65.2 Å². The maximum atomic E-state index is 13.7. The molecular weight excluding hydrogens is 403 g/mol. The van der Waals surface area contributed by atoms with E-state index < -0.39 is 7.80 Å². The molecule has 0 aliphatic carbocycles. The van der Waals surface area contributed by atoms with Crippen LogP contribution in [0.3, 0.4) is 0 Å². The minimum Gasteiger partial charge on any atom is -0.313 e. The Labute approximate surface area is 185 Å². The molecule has 0 bridgehead atoms. The van der Waals surface area contributed by atoms with E-state index in [2.05, 4.69) is 0 Å². The van der Waals surface area contributed by atoms with Crippen LogP contribution in [0.25, 0.3) is 0 Å². The molecule has 4 heteroatoms. The molecule has 3 aromatic rings. The van der Waals surface area contributed by atoms with Gasteiger partial charge >= 0.3 is 0 Å². The predicted octanol–water partition coefficient (Wildman–Crippen LogP) is 6.10. The van der Waals surface area contributed by atoms with Crippen LogP contribution in [0.4, 0.5) is 0 Å². The average Bonchev–Trinajstić information content (AvgIpc) is 2.72. The van der Waals surface area contributed by atoms with E-state index in [1.165, 1.54) is 0 Å². The molecule has 0 aliphatic rings. The van der Waals surface area contributed by atoms with Crippen LogP contribution in [-0.4, -0.2) is 11.3 Å². The molecule has 0 heterocycles. The normalized spacial score (nSPS) is 12.0. The summed E-state index contributed by atoms with van der Waals surface area (Å²) in [6.45, 7) is 13.3. The molecule has 0 aromatic heterocycles. The van der Waals surface area contributed by atoms with Gasteiger partial charge in [-0.05, 0) is 81.8 Å². The largest absolute Gasteiger partial charge is 0.313 e. The molecule has 0 fully saturated rings. The molecule has 0 radical (unpaired) electrons. The van der Waals surface area contributed by atoms with E-state index in [0.29, 0.717) is 27.6 Å². The van der Waals surface area contributed by atoms with Gasteiger partial charge in [0.05, 0.1) is 0 Å². The van der Waals surface area contributed by atoms with Crippen molar-refractivity contribution in [2.75, 3.05) is 0 Å². The third-order valence-electron chi connectivity index (χ3n) is 6.23. The zero-order valence-electron chi connectivity index (χ0n) is 19.3. The van der Waals surface area contributed by atoms with Gasteiger partial charge in [0.15, 0.2) is 13.6 Å². The van der Waals surface area contributed by atoms with Gasteiger partial charge < -0.3 is 4.57 Å². The Morgan fingerprint density at radius 3 is 1.77 bits per heavy atom. The number of aryl methyl sites for hydroxylation is 3. The zero-order chi connectivity index (χ0) is 23.0. The SMILES string of the molecule is Cc1cc(C)c(C(=O)[PH](=O)c2c(C)c(C)c(C)c(C(=O)c3ccccc3)c2C)c(C)c1. The number of carbonyl (C=O) groups excluding carboxylic acids is 2. The highest BCUT2D eigenvalue weighted by Gasteiger charge is 2.28. The Morgan fingerprint density at radius 1 is 0.677 bits per heavy atom. The van der Waals surface area contributed by atoms with Crippen LogP contribution in [-0.2, 0) is 4.57 Å². The van der Waals surface area contributed by atoms with Crippen molar-refractivity contribution in [3.05, 3.63) is 98.1 Å². The summed E-state index contributed by atoms with van der Waals surface area (Å²) in [6.07, 6.45) is 0. The number of hydrogen-bond donors (Lipinski definition) is 0. The summed E-state index contributed by atoms with van der Waals surface area (Å²) in [4.78, 5) is 26.7. The lowest BCUT2D eigenvalue weighted by molar-refractivity contribution is 0.103. The van der Waals surface area contributed by atoms with Crippen LogP contribution in [0.15, 0.2) is 42.5 Å². The monoisotopic (exact) mass is 432 g/mol. The van der Waals surface area contributed by atoms with Crippen molar-refractivity contribution in [3.63, 3.8) is 0 Å². The van der Waals surface area contributed by atoms with E-state index in [-0.39, 0.29) is 11.3 Å². The summed E-state index contributed by atoms with van der Waals surface area (Å²) in [5, 5.41) is 0.525. The van der Waals surface area contributed by atoms with Crippen molar-refractivity contribution in [3.8, 4) is 0 Å². The maximum absolute atomic E-state index is 13.7. The second-order valence-corrected chi connectivity index (χ2v) is 9.99. The number of carbonyl (C=O) groups is 2. The van der Waals surface area contributed by atoms with Gasteiger partial charge in [-0.25, -0.2) is 0 Å². The van der Waals surface area contributed by atoms with Crippen LogP contribution in [0, 0.1) is 48.5 Å². The number of ketones is 1. The summed E-state index contributed by atoms with van der Waals surface area (Å²) in [6, 6.07) is 13.0. The van der Waals surface area contributed by atoms with Gasteiger partial charge in [0.2, 0.25) is 5.52 Å². The average molecular weight is 433 g/mol. The van der Waals surface area contributed by atoms with Crippen LogP contribution in [0.5, 0.6) is 0 Å². The van der Waals surface area contributed by atoms with E-state index in [1.807, 2.05) is 78.8 Å². The van der Waals surface area contributed by atoms with Gasteiger partial charge in [-0.2, -0.15) is 0 Å². The first kappa shape index (κ1) is 22.9. The van der Waals surface area contributed by atoms with Gasteiger partial charge in [0, 0.05) is 22.0 Å². The quantitative estimate of drug-likeness (QED) is 0.361. The zero-order valence-corrected chi connectivity index (χ0v) is 20.3. The number of hydrogen-bond acceptors (Lipinski definition) is 3. The molecular formula is C27H29O3P. The topological polar surface area (TPSA) is 51.2 Å². The van der Waals surface area contributed by atoms with Gasteiger partial charge in [0.25, 0.3) is 0 Å². The third-order valence-corrected chi connectivity index (χ3v) is 8.09. The molecule has 3 aromatic carbocycles. The Hall–Kier alpha value is -2.77. The van der Waals surface area contributed by atoms with Gasteiger partial charge in [0.1, 0.15) is 0 Å². The summed E-state index contributed by atoms with van der Waals surface area (Å²) >= 11 is 0. The first-order valence-corrected chi connectivity index (χ1v) is 11.8. The van der Waals surface area contributed by atoms with Gasteiger partial charge in [-0.1, -0.05) is 48.0 Å². The fourth-order valence-electron chi connectivity index (χ4n) is 4.52. The summed E-state index contributed by atoms with van der Waals surface area (Å²) in [5.41, 5.74) is 7.32. The molecule has 0 N–H and O–H groups in total. The van der Waals surface area contributed by atoms with Crippen molar-refractivity contribution < 1.29 is 14.2 Å². The molecule has 0 saturated carbocycles. The Balaban J connectivity index is 2.20. The van der Waals surface area contributed by atoms with Crippen molar-refractivity contribution in [2.24, 2.45) is 0 Å². The molecule has 1 atom stereocenters. The van der Waals surface area contributed by atoms with E-state index in [4.69, 9.17) is 0 Å². The second kappa shape index (κ2) is 8.77. The lowest BCUT2D eigenvalue weighted by Crippen LogP contribution is -2.20. The van der Waals surface area contributed by atoms with Crippen LogP contribution >= 0.6 is 7.80 Å². The predicted molar refractivity (Wildman–Crippen MR) is 129 cm³/mol. The number of rotatable bonds is 5. The summed E-state index contributed by atoms with van der Waals surface area (Å²) in [7, 11) is -2.83. The highest BCUT2D eigenvalue weighted by molar-refractivity contribution is 7.71. The van der Waals surface area contributed by atoms with Crippen LogP contribution in [0.2, 0.25) is 0 Å². The number of benzene rings is 3. The second-order valence-electron chi connectivity index (χ2n) is 8.38. The molecule has 31 heavy (non-hydrogen) atoms. The Morgan fingerprint density at radius 2 is 1.23 bits per heavy atom. The smallest absolute Gasteiger partial charge is 0.223 e. The Bertz CT molecular complexity index is 1210. The van der Waals surface area contributed by atoms with Crippen molar-refractivity contribution in [1.29, 1.82) is 0 Å². The van der Waals surface area contributed by atoms with E-state index in [1.54, 1.807) is 12.1 Å². The molecule has 160 valence electrons. The lowest BCUT2D eigenvalue weighted by Gasteiger charge is -2.20.